The second kappa shape index (κ2) is 8.06. The SMILES string of the molecule is CC(C)(C)OC(=O)N1CCC(C(=O)N2CCC(CC(=O)O)CC2)CC1. The molecule has 2 heterocycles. The summed E-state index contributed by atoms with van der Waals surface area (Å²) in [5, 5.41) is 8.86. The van der Waals surface area contributed by atoms with Crippen molar-refractivity contribution in [2.45, 2.75) is 58.5 Å². The maximum Gasteiger partial charge on any atom is 0.410 e. The van der Waals surface area contributed by atoms with E-state index in [4.69, 9.17) is 9.84 Å². The number of rotatable bonds is 3. The predicted octanol–water partition coefficient (Wildman–Crippen LogP) is 2.35. The summed E-state index contributed by atoms with van der Waals surface area (Å²) in [6, 6.07) is 0. The number of amides is 2. The highest BCUT2D eigenvalue weighted by Gasteiger charge is 2.33. The van der Waals surface area contributed by atoms with Crippen LogP contribution in [0.5, 0.6) is 0 Å². The fourth-order valence-corrected chi connectivity index (χ4v) is 3.50. The quantitative estimate of drug-likeness (QED) is 0.840. The van der Waals surface area contributed by atoms with Gasteiger partial charge in [0.2, 0.25) is 5.91 Å². The second-order valence-corrected chi connectivity index (χ2v) is 8.11. The van der Waals surface area contributed by atoms with E-state index in [9.17, 15) is 14.4 Å². The number of hydrogen-bond donors (Lipinski definition) is 1. The fourth-order valence-electron chi connectivity index (χ4n) is 3.50. The van der Waals surface area contributed by atoms with Gasteiger partial charge in [-0.2, -0.15) is 0 Å². The topological polar surface area (TPSA) is 87.2 Å². The number of hydrogen-bond acceptors (Lipinski definition) is 4. The summed E-state index contributed by atoms with van der Waals surface area (Å²) in [5.74, 6) is -0.484. The molecule has 1 N–H and O–H groups in total. The Labute approximate surface area is 149 Å². The lowest BCUT2D eigenvalue weighted by molar-refractivity contribution is -0.140. The van der Waals surface area contributed by atoms with Crippen LogP contribution in [0.15, 0.2) is 0 Å². The molecule has 142 valence electrons. The molecule has 0 saturated carbocycles. The molecule has 25 heavy (non-hydrogen) atoms. The molecule has 0 aromatic carbocycles. The van der Waals surface area contributed by atoms with Crippen molar-refractivity contribution in [2.75, 3.05) is 26.2 Å². The zero-order valence-corrected chi connectivity index (χ0v) is 15.5. The Morgan fingerprint density at radius 1 is 0.960 bits per heavy atom. The number of carboxylic acids is 1. The number of ether oxygens (including phenoxy) is 1. The van der Waals surface area contributed by atoms with Gasteiger partial charge >= 0.3 is 12.1 Å². The summed E-state index contributed by atoms with van der Waals surface area (Å²) in [6.07, 6.45) is 2.72. The Hall–Kier alpha value is -1.79. The highest BCUT2D eigenvalue weighted by Crippen LogP contribution is 2.26. The molecule has 2 aliphatic heterocycles. The van der Waals surface area contributed by atoms with Gasteiger partial charge in [0.05, 0.1) is 0 Å². The van der Waals surface area contributed by atoms with Crippen LogP contribution in [-0.2, 0) is 14.3 Å². The minimum absolute atomic E-state index is 0.0466. The van der Waals surface area contributed by atoms with Gasteiger partial charge in [-0.1, -0.05) is 0 Å². The van der Waals surface area contributed by atoms with Crippen molar-refractivity contribution in [3.8, 4) is 0 Å². The first-order valence-electron chi connectivity index (χ1n) is 9.14. The van der Waals surface area contributed by atoms with Crippen LogP contribution in [0, 0.1) is 11.8 Å². The van der Waals surface area contributed by atoms with Crippen LogP contribution in [-0.4, -0.2) is 64.7 Å². The Morgan fingerprint density at radius 3 is 1.96 bits per heavy atom. The van der Waals surface area contributed by atoms with Crippen molar-refractivity contribution in [3.05, 3.63) is 0 Å². The maximum absolute atomic E-state index is 12.7. The van der Waals surface area contributed by atoms with Crippen LogP contribution in [0.4, 0.5) is 4.79 Å². The number of piperidine rings is 2. The monoisotopic (exact) mass is 354 g/mol. The molecular weight excluding hydrogens is 324 g/mol. The Kier molecular flexibility index (Phi) is 6.30. The van der Waals surface area contributed by atoms with E-state index >= 15 is 0 Å². The normalized spacial score (nSPS) is 20.4. The largest absolute Gasteiger partial charge is 0.481 e. The van der Waals surface area contributed by atoms with Gasteiger partial charge in [0.1, 0.15) is 5.60 Å². The summed E-state index contributed by atoms with van der Waals surface area (Å²) in [4.78, 5) is 39.1. The molecule has 0 spiro atoms. The number of carbonyl (C=O) groups excluding carboxylic acids is 2. The first-order valence-corrected chi connectivity index (χ1v) is 9.14. The standard InChI is InChI=1S/C18H30N2O5/c1-18(2,3)25-17(24)20-10-6-14(7-11-20)16(23)19-8-4-13(5-9-19)12-15(21)22/h13-14H,4-12H2,1-3H3,(H,21,22). The van der Waals surface area contributed by atoms with Crippen molar-refractivity contribution in [1.82, 2.24) is 9.80 Å². The lowest BCUT2D eigenvalue weighted by atomic mass is 9.91. The second-order valence-electron chi connectivity index (χ2n) is 8.11. The van der Waals surface area contributed by atoms with Gasteiger partial charge in [0, 0.05) is 38.5 Å². The molecule has 2 saturated heterocycles. The van der Waals surface area contributed by atoms with Crippen LogP contribution in [0.2, 0.25) is 0 Å². The first-order chi connectivity index (χ1) is 11.7. The van der Waals surface area contributed by atoms with E-state index in [0.29, 0.717) is 39.0 Å². The highest BCUT2D eigenvalue weighted by atomic mass is 16.6. The molecule has 0 radical (unpaired) electrons. The van der Waals surface area contributed by atoms with E-state index in [2.05, 4.69) is 0 Å². The van der Waals surface area contributed by atoms with E-state index in [1.165, 1.54) is 0 Å². The molecule has 2 amide bonds. The third kappa shape index (κ3) is 5.90. The van der Waals surface area contributed by atoms with E-state index in [1.54, 1.807) is 4.90 Å². The zero-order valence-electron chi connectivity index (χ0n) is 15.5. The van der Waals surface area contributed by atoms with Crippen LogP contribution in [0.3, 0.4) is 0 Å². The number of aliphatic carboxylic acids is 1. The van der Waals surface area contributed by atoms with Gasteiger partial charge in [-0.15, -0.1) is 0 Å². The molecule has 0 atom stereocenters. The van der Waals surface area contributed by atoms with Crippen LogP contribution >= 0.6 is 0 Å². The van der Waals surface area contributed by atoms with E-state index in [-0.39, 0.29) is 30.3 Å². The van der Waals surface area contributed by atoms with E-state index in [1.807, 2.05) is 25.7 Å². The third-order valence-electron chi connectivity index (χ3n) is 4.89. The van der Waals surface area contributed by atoms with Gasteiger partial charge in [-0.3, -0.25) is 9.59 Å². The van der Waals surface area contributed by atoms with Gasteiger partial charge in [-0.25, -0.2) is 4.79 Å². The lowest BCUT2D eigenvalue weighted by Crippen LogP contribution is -2.47. The molecular formula is C18H30N2O5. The van der Waals surface area contributed by atoms with Crippen molar-refractivity contribution in [3.63, 3.8) is 0 Å². The predicted molar refractivity (Wildman–Crippen MR) is 92.1 cm³/mol. The zero-order chi connectivity index (χ0) is 18.6. The van der Waals surface area contributed by atoms with Crippen LogP contribution < -0.4 is 0 Å². The number of carboxylic acid groups (broad SMARTS) is 1. The van der Waals surface area contributed by atoms with Gasteiger partial charge in [0.25, 0.3) is 0 Å². The minimum Gasteiger partial charge on any atom is -0.481 e. The molecule has 0 unspecified atom stereocenters. The maximum atomic E-state index is 12.7. The van der Waals surface area contributed by atoms with E-state index < -0.39 is 11.6 Å². The highest BCUT2D eigenvalue weighted by molar-refractivity contribution is 5.79. The van der Waals surface area contributed by atoms with Gasteiger partial charge in [0.15, 0.2) is 0 Å². The summed E-state index contributed by atoms with van der Waals surface area (Å²) in [6.45, 7) is 7.90. The minimum atomic E-state index is -0.765. The Balaban J connectivity index is 1.76. The Morgan fingerprint density at radius 2 is 1.48 bits per heavy atom. The Bertz CT molecular complexity index is 498. The summed E-state index contributed by atoms with van der Waals surface area (Å²) >= 11 is 0. The fraction of sp³-hybridized carbons (Fsp3) is 0.833. The molecule has 0 aliphatic carbocycles. The van der Waals surface area contributed by atoms with Crippen molar-refractivity contribution >= 4 is 18.0 Å². The number of nitrogens with zero attached hydrogens (tertiary/aromatic N) is 2. The van der Waals surface area contributed by atoms with Gasteiger partial charge in [-0.05, 0) is 52.4 Å². The average Bonchev–Trinajstić information content (AvgIpc) is 2.53. The summed E-state index contributed by atoms with van der Waals surface area (Å²) in [7, 11) is 0. The molecule has 0 aromatic heterocycles. The van der Waals surface area contributed by atoms with Gasteiger partial charge < -0.3 is 19.6 Å². The molecule has 7 heteroatoms. The summed E-state index contributed by atoms with van der Waals surface area (Å²) in [5.41, 5.74) is -0.510. The third-order valence-corrected chi connectivity index (χ3v) is 4.89. The average molecular weight is 354 g/mol. The van der Waals surface area contributed by atoms with Crippen LogP contribution in [0.1, 0.15) is 52.9 Å². The molecule has 7 nitrogen and oxygen atoms in total. The van der Waals surface area contributed by atoms with Crippen molar-refractivity contribution < 1.29 is 24.2 Å². The smallest absolute Gasteiger partial charge is 0.410 e. The van der Waals surface area contributed by atoms with Crippen molar-refractivity contribution in [2.24, 2.45) is 11.8 Å². The van der Waals surface area contributed by atoms with Crippen molar-refractivity contribution in [1.29, 1.82) is 0 Å². The van der Waals surface area contributed by atoms with E-state index in [0.717, 1.165) is 12.8 Å². The molecule has 0 bridgehead atoms. The number of carbonyl (C=O) groups is 3. The number of likely N-dealkylation sites (tertiary alicyclic amines) is 2. The molecule has 0 aromatic rings. The summed E-state index contributed by atoms with van der Waals surface area (Å²) < 4.78 is 5.38. The first kappa shape index (κ1) is 19.5. The molecule has 2 rings (SSSR count). The molecule has 2 aliphatic rings. The van der Waals surface area contributed by atoms with Crippen LogP contribution in [0.25, 0.3) is 0 Å². The lowest BCUT2D eigenvalue weighted by Gasteiger charge is -2.37. The molecule has 2 fully saturated rings.